The molecule has 1 amide bonds. The third-order valence-corrected chi connectivity index (χ3v) is 4.54. The standard InChI is InChI=1S/C21H26N2O3/c1-15-8-10-19(20(13-15)26-14-17-6-4-12-25-17)23-21(24)11-9-16-5-2-3-7-18(16)22/h2-3,5,7-8,10,13,17H,4,6,9,11-12,14,22H2,1H3,(H,23,24). The van der Waals surface area contributed by atoms with Crippen molar-refractivity contribution >= 4 is 17.3 Å². The van der Waals surface area contributed by atoms with Gasteiger partial charge >= 0.3 is 0 Å². The van der Waals surface area contributed by atoms with E-state index >= 15 is 0 Å². The summed E-state index contributed by atoms with van der Waals surface area (Å²) in [5.41, 5.74) is 9.42. The van der Waals surface area contributed by atoms with Crippen LogP contribution in [0.3, 0.4) is 0 Å². The molecule has 1 unspecified atom stereocenters. The molecule has 3 N–H and O–H groups in total. The summed E-state index contributed by atoms with van der Waals surface area (Å²) in [4.78, 5) is 12.4. The zero-order valence-electron chi connectivity index (χ0n) is 15.2. The molecule has 1 fully saturated rings. The maximum atomic E-state index is 12.4. The van der Waals surface area contributed by atoms with Crippen molar-refractivity contribution in [2.45, 2.75) is 38.7 Å². The number of nitrogens with one attached hydrogen (secondary N) is 1. The Hall–Kier alpha value is -2.53. The lowest BCUT2D eigenvalue weighted by Crippen LogP contribution is -2.18. The fourth-order valence-corrected chi connectivity index (χ4v) is 3.03. The van der Waals surface area contributed by atoms with Gasteiger partial charge in [0.05, 0.1) is 11.8 Å². The van der Waals surface area contributed by atoms with Crippen LogP contribution in [-0.2, 0) is 16.0 Å². The lowest BCUT2D eigenvalue weighted by molar-refractivity contribution is -0.116. The molecule has 0 saturated carbocycles. The highest BCUT2D eigenvalue weighted by Gasteiger charge is 2.17. The smallest absolute Gasteiger partial charge is 0.224 e. The highest BCUT2D eigenvalue weighted by atomic mass is 16.5. The van der Waals surface area contributed by atoms with E-state index in [0.29, 0.717) is 30.9 Å². The van der Waals surface area contributed by atoms with Crippen molar-refractivity contribution in [3.8, 4) is 5.75 Å². The monoisotopic (exact) mass is 354 g/mol. The Morgan fingerprint density at radius 3 is 2.92 bits per heavy atom. The third kappa shape index (κ3) is 4.99. The summed E-state index contributed by atoms with van der Waals surface area (Å²) < 4.78 is 11.5. The number of benzene rings is 2. The van der Waals surface area contributed by atoms with Crippen molar-refractivity contribution in [3.05, 3.63) is 53.6 Å². The lowest BCUT2D eigenvalue weighted by atomic mass is 10.1. The normalized spacial score (nSPS) is 16.4. The molecule has 1 atom stereocenters. The number of ether oxygens (including phenoxy) is 2. The number of nitrogen functional groups attached to an aromatic ring is 1. The van der Waals surface area contributed by atoms with Gasteiger partial charge in [-0.2, -0.15) is 0 Å². The molecule has 0 bridgehead atoms. The van der Waals surface area contributed by atoms with E-state index in [4.69, 9.17) is 15.2 Å². The largest absolute Gasteiger partial charge is 0.489 e. The van der Waals surface area contributed by atoms with Crippen LogP contribution in [-0.4, -0.2) is 25.2 Å². The first-order valence-corrected chi connectivity index (χ1v) is 9.10. The average Bonchev–Trinajstić information content (AvgIpc) is 3.15. The predicted octanol–water partition coefficient (Wildman–Crippen LogP) is 3.71. The molecule has 138 valence electrons. The molecular weight excluding hydrogens is 328 g/mol. The van der Waals surface area contributed by atoms with Gasteiger partial charge in [-0.25, -0.2) is 0 Å². The predicted molar refractivity (Wildman–Crippen MR) is 103 cm³/mol. The van der Waals surface area contributed by atoms with E-state index < -0.39 is 0 Å². The van der Waals surface area contributed by atoms with E-state index in [1.807, 2.05) is 49.4 Å². The van der Waals surface area contributed by atoms with Gasteiger partial charge in [0.2, 0.25) is 5.91 Å². The topological polar surface area (TPSA) is 73.6 Å². The molecule has 0 aromatic heterocycles. The Bertz CT molecular complexity index is 755. The number of carbonyl (C=O) groups excluding carboxylic acids is 1. The number of amides is 1. The number of para-hydroxylation sites is 1. The molecule has 5 heteroatoms. The summed E-state index contributed by atoms with van der Waals surface area (Å²) in [5.74, 6) is 0.632. The second-order valence-corrected chi connectivity index (χ2v) is 6.69. The molecule has 1 aliphatic heterocycles. The second kappa shape index (κ2) is 8.72. The number of hydrogen-bond donors (Lipinski definition) is 2. The molecule has 1 saturated heterocycles. The number of rotatable bonds is 7. The molecule has 3 rings (SSSR count). The summed E-state index contributed by atoms with van der Waals surface area (Å²) >= 11 is 0. The summed E-state index contributed by atoms with van der Waals surface area (Å²) in [7, 11) is 0. The van der Waals surface area contributed by atoms with Gasteiger partial charge in [-0.05, 0) is 55.5 Å². The van der Waals surface area contributed by atoms with Gasteiger partial charge in [0.1, 0.15) is 12.4 Å². The molecule has 0 radical (unpaired) electrons. The highest BCUT2D eigenvalue weighted by molar-refractivity contribution is 5.92. The van der Waals surface area contributed by atoms with Crippen LogP contribution in [0.15, 0.2) is 42.5 Å². The van der Waals surface area contributed by atoms with E-state index in [1.54, 1.807) is 0 Å². The van der Waals surface area contributed by atoms with Crippen molar-refractivity contribution in [2.75, 3.05) is 24.3 Å². The minimum absolute atomic E-state index is 0.0564. The van der Waals surface area contributed by atoms with Crippen LogP contribution in [0, 0.1) is 6.92 Å². The highest BCUT2D eigenvalue weighted by Crippen LogP contribution is 2.27. The van der Waals surface area contributed by atoms with Crippen molar-refractivity contribution < 1.29 is 14.3 Å². The number of hydrogen-bond acceptors (Lipinski definition) is 4. The van der Waals surface area contributed by atoms with E-state index in [2.05, 4.69) is 5.32 Å². The van der Waals surface area contributed by atoms with Gasteiger partial charge in [0.15, 0.2) is 0 Å². The van der Waals surface area contributed by atoms with Crippen LogP contribution < -0.4 is 15.8 Å². The molecule has 26 heavy (non-hydrogen) atoms. The van der Waals surface area contributed by atoms with Gasteiger partial charge in [-0.15, -0.1) is 0 Å². The van der Waals surface area contributed by atoms with Crippen molar-refractivity contribution in [2.24, 2.45) is 0 Å². The molecular formula is C21H26N2O3. The van der Waals surface area contributed by atoms with Gasteiger partial charge in [0, 0.05) is 18.7 Å². The Morgan fingerprint density at radius 1 is 1.31 bits per heavy atom. The molecule has 0 aliphatic carbocycles. The maximum Gasteiger partial charge on any atom is 0.224 e. The Labute approximate surface area is 154 Å². The average molecular weight is 354 g/mol. The fraction of sp³-hybridized carbons (Fsp3) is 0.381. The van der Waals surface area contributed by atoms with Crippen molar-refractivity contribution in [1.82, 2.24) is 0 Å². The van der Waals surface area contributed by atoms with Crippen LogP contribution in [0.4, 0.5) is 11.4 Å². The van der Waals surface area contributed by atoms with Crippen LogP contribution >= 0.6 is 0 Å². The van der Waals surface area contributed by atoms with Gasteiger partial charge in [0.25, 0.3) is 0 Å². The number of aryl methyl sites for hydroxylation is 2. The molecule has 5 nitrogen and oxygen atoms in total. The number of anilines is 2. The van der Waals surface area contributed by atoms with E-state index in [0.717, 1.165) is 36.3 Å². The lowest BCUT2D eigenvalue weighted by Gasteiger charge is -2.16. The number of nitrogens with two attached hydrogens (primary N) is 1. The van der Waals surface area contributed by atoms with E-state index in [-0.39, 0.29) is 12.0 Å². The zero-order chi connectivity index (χ0) is 18.4. The summed E-state index contributed by atoms with van der Waals surface area (Å²) in [6.45, 7) is 3.31. The maximum absolute atomic E-state index is 12.4. The van der Waals surface area contributed by atoms with Gasteiger partial charge < -0.3 is 20.5 Å². The minimum Gasteiger partial charge on any atom is -0.489 e. The van der Waals surface area contributed by atoms with Crippen molar-refractivity contribution in [1.29, 1.82) is 0 Å². The Morgan fingerprint density at radius 2 is 2.15 bits per heavy atom. The molecule has 2 aromatic rings. The van der Waals surface area contributed by atoms with E-state index in [9.17, 15) is 4.79 Å². The summed E-state index contributed by atoms with van der Waals surface area (Å²) in [6.07, 6.45) is 3.21. The Balaban J connectivity index is 1.59. The fourth-order valence-electron chi connectivity index (χ4n) is 3.03. The van der Waals surface area contributed by atoms with Crippen LogP contribution in [0.5, 0.6) is 5.75 Å². The Kier molecular flexibility index (Phi) is 6.12. The first kappa shape index (κ1) is 18.3. The molecule has 0 spiro atoms. The molecule has 2 aromatic carbocycles. The summed E-state index contributed by atoms with van der Waals surface area (Å²) in [5, 5.41) is 2.96. The zero-order valence-corrected chi connectivity index (χ0v) is 15.2. The number of carbonyl (C=O) groups is 1. The van der Waals surface area contributed by atoms with Crippen LogP contribution in [0.2, 0.25) is 0 Å². The quantitative estimate of drug-likeness (QED) is 0.744. The first-order chi connectivity index (χ1) is 12.6. The van der Waals surface area contributed by atoms with Gasteiger partial charge in [-0.1, -0.05) is 24.3 Å². The first-order valence-electron chi connectivity index (χ1n) is 9.10. The third-order valence-electron chi connectivity index (χ3n) is 4.54. The van der Waals surface area contributed by atoms with Crippen molar-refractivity contribution in [3.63, 3.8) is 0 Å². The van der Waals surface area contributed by atoms with Gasteiger partial charge in [-0.3, -0.25) is 4.79 Å². The second-order valence-electron chi connectivity index (χ2n) is 6.69. The molecule has 1 aliphatic rings. The van der Waals surface area contributed by atoms with Crippen LogP contribution in [0.1, 0.15) is 30.4 Å². The van der Waals surface area contributed by atoms with E-state index in [1.165, 1.54) is 0 Å². The summed E-state index contributed by atoms with van der Waals surface area (Å²) in [6, 6.07) is 13.4. The minimum atomic E-state index is -0.0564. The molecule has 1 heterocycles. The SMILES string of the molecule is Cc1ccc(NC(=O)CCc2ccccc2N)c(OCC2CCCO2)c1. The van der Waals surface area contributed by atoms with Crippen LogP contribution in [0.25, 0.3) is 0 Å².